The predicted molar refractivity (Wildman–Crippen MR) is 78.1 cm³/mol. The summed E-state index contributed by atoms with van der Waals surface area (Å²) in [4.78, 5) is 0. The van der Waals surface area contributed by atoms with Crippen LogP contribution in [0.5, 0.6) is 0 Å². The van der Waals surface area contributed by atoms with E-state index >= 15 is 0 Å². The van der Waals surface area contributed by atoms with Crippen LogP contribution in [-0.4, -0.2) is 0 Å². The van der Waals surface area contributed by atoms with Gasteiger partial charge in [0.25, 0.3) is 0 Å². The Hall–Kier alpha value is -1.86. The van der Waals surface area contributed by atoms with Crippen LogP contribution in [0.15, 0.2) is 42.5 Å². The highest BCUT2D eigenvalue weighted by Gasteiger charge is 2.27. The molecule has 0 N–H and O–H groups in total. The van der Waals surface area contributed by atoms with Gasteiger partial charge in [-0.1, -0.05) is 48.0 Å². The lowest BCUT2D eigenvalue weighted by Crippen LogP contribution is -1.89. The van der Waals surface area contributed by atoms with Gasteiger partial charge in [0.2, 0.25) is 0 Å². The first-order valence-electron chi connectivity index (χ1n) is 6.19. The van der Waals surface area contributed by atoms with Crippen molar-refractivity contribution in [2.45, 2.75) is 6.92 Å². The van der Waals surface area contributed by atoms with Gasteiger partial charge in [-0.05, 0) is 40.5 Å². The molecule has 0 aromatic heterocycles. The minimum Gasteiger partial charge on any atom is -0.206 e. The summed E-state index contributed by atoms with van der Waals surface area (Å²) in [5.74, 6) is -0.164. The average Bonchev–Trinajstić information content (AvgIpc) is 2.74. The van der Waals surface area contributed by atoms with Crippen molar-refractivity contribution in [2.24, 2.45) is 0 Å². The van der Waals surface area contributed by atoms with E-state index in [0.29, 0.717) is 16.1 Å². The molecule has 0 spiro atoms. The predicted octanol–water partition coefficient (Wildman–Crippen LogP) is 5.59. The van der Waals surface area contributed by atoms with Crippen LogP contribution >= 0.6 is 11.6 Å². The van der Waals surface area contributed by atoms with Crippen LogP contribution in [0.25, 0.3) is 33.0 Å². The smallest absolute Gasteiger partial charge is 0.134 e. The molecule has 4 rings (SSSR count). The fourth-order valence-corrected chi connectivity index (χ4v) is 3.39. The third-order valence-corrected chi connectivity index (χ3v) is 4.14. The molecule has 1 aliphatic rings. The third-order valence-electron chi connectivity index (χ3n) is 3.84. The lowest BCUT2D eigenvalue weighted by molar-refractivity contribution is 0.623. The van der Waals surface area contributed by atoms with E-state index < -0.39 is 0 Å². The molecule has 1 aliphatic carbocycles. The molecular weight excluding hydrogens is 259 g/mol. The maximum absolute atomic E-state index is 14.5. The Kier molecular flexibility index (Phi) is 2.07. The molecule has 0 heterocycles. The van der Waals surface area contributed by atoms with Crippen LogP contribution < -0.4 is 0 Å². The number of halogens is 2. The van der Waals surface area contributed by atoms with Gasteiger partial charge < -0.3 is 0 Å². The van der Waals surface area contributed by atoms with Crippen LogP contribution in [-0.2, 0) is 0 Å². The van der Waals surface area contributed by atoms with Gasteiger partial charge in [-0.3, -0.25) is 0 Å². The molecule has 0 unspecified atom stereocenters. The van der Waals surface area contributed by atoms with E-state index in [1.807, 2.05) is 36.4 Å². The monoisotopic (exact) mass is 268 g/mol. The first kappa shape index (κ1) is 11.0. The van der Waals surface area contributed by atoms with Crippen LogP contribution in [0.1, 0.15) is 5.56 Å². The molecule has 3 aromatic carbocycles. The zero-order chi connectivity index (χ0) is 13.1. The van der Waals surface area contributed by atoms with Crippen molar-refractivity contribution in [3.8, 4) is 22.3 Å². The Balaban J connectivity index is 2.30. The van der Waals surface area contributed by atoms with Crippen molar-refractivity contribution >= 4 is 22.4 Å². The van der Waals surface area contributed by atoms with Gasteiger partial charge in [-0.15, -0.1) is 0 Å². The lowest BCUT2D eigenvalue weighted by atomic mass is 10.0. The quantitative estimate of drug-likeness (QED) is 0.390. The van der Waals surface area contributed by atoms with Gasteiger partial charge in [0.15, 0.2) is 0 Å². The molecule has 3 aromatic rings. The Morgan fingerprint density at radius 2 is 1.58 bits per heavy atom. The summed E-state index contributed by atoms with van der Waals surface area (Å²) < 4.78 is 14.5. The van der Waals surface area contributed by atoms with Crippen molar-refractivity contribution in [3.05, 3.63) is 58.9 Å². The summed E-state index contributed by atoms with van der Waals surface area (Å²) in [7, 11) is 0. The number of aryl methyl sites for hydroxylation is 1. The van der Waals surface area contributed by atoms with Gasteiger partial charge in [0, 0.05) is 16.1 Å². The average molecular weight is 269 g/mol. The molecule has 92 valence electrons. The van der Waals surface area contributed by atoms with Crippen molar-refractivity contribution in [1.82, 2.24) is 0 Å². The molecule has 19 heavy (non-hydrogen) atoms. The molecule has 2 heteroatoms. The van der Waals surface area contributed by atoms with Crippen LogP contribution in [0.3, 0.4) is 0 Å². The maximum Gasteiger partial charge on any atom is 0.134 e. The number of hydrogen-bond donors (Lipinski definition) is 0. The standard InChI is InChI=1S/C17H10ClF/c1-9-8-13(18)15-11-6-2-4-10-5-3-7-12(14(10)11)16(15)17(9)19/h2-8H,1H3. The largest absolute Gasteiger partial charge is 0.206 e. The minimum atomic E-state index is -0.164. The second-order valence-corrected chi connectivity index (χ2v) is 5.36. The van der Waals surface area contributed by atoms with E-state index in [0.717, 1.165) is 27.5 Å². The maximum atomic E-state index is 14.5. The van der Waals surface area contributed by atoms with E-state index in [1.165, 1.54) is 0 Å². The van der Waals surface area contributed by atoms with E-state index in [9.17, 15) is 4.39 Å². The molecule has 0 amide bonds. The van der Waals surface area contributed by atoms with Gasteiger partial charge >= 0.3 is 0 Å². The van der Waals surface area contributed by atoms with E-state index in [-0.39, 0.29) is 5.82 Å². The number of rotatable bonds is 0. The molecule has 0 nitrogen and oxygen atoms in total. The Morgan fingerprint density at radius 1 is 0.947 bits per heavy atom. The van der Waals surface area contributed by atoms with Crippen LogP contribution in [0, 0.1) is 12.7 Å². The van der Waals surface area contributed by atoms with Gasteiger partial charge in [-0.2, -0.15) is 0 Å². The fourth-order valence-electron chi connectivity index (χ4n) is 3.03. The van der Waals surface area contributed by atoms with Gasteiger partial charge in [-0.25, -0.2) is 4.39 Å². The molecule has 0 atom stereocenters. The van der Waals surface area contributed by atoms with Crippen LogP contribution in [0.4, 0.5) is 4.39 Å². The summed E-state index contributed by atoms with van der Waals surface area (Å²) in [6.07, 6.45) is 0. The second-order valence-electron chi connectivity index (χ2n) is 4.95. The van der Waals surface area contributed by atoms with E-state index in [1.54, 1.807) is 13.0 Å². The summed E-state index contributed by atoms with van der Waals surface area (Å²) in [5.41, 5.74) is 4.06. The Bertz CT molecular complexity index is 844. The number of fused-ring (bicyclic) bond motifs is 3. The normalized spacial score (nSPS) is 11.9. The molecule has 0 bridgehead atoms. The summed E-state index contributed by atoms with van der Waals surface area (Å²) in [6.45, 7) is 1.75. The van der Waals surface area contributed by atoms with Crippen molar-refractivity contribution in [3.63, 3.8) is 0 Å². The highest BCUT2D eigenvalue weighted by Crippen LogP contribution is 2.51. The summed E-state index contributed by atoms with van der Waals surface area (Å²) >= 11 is 6.36. The van der Waals surface area contributed by atoms with Crippen molar-refractivity contribution < 1.29 is 4.39 Å². The van der Waals surface area contributed by atoms with Gasteiger partial charge in [0.05, 0.1) is 0 Å². The summed E-state index contributed by atoms with van der Waals surface area (Å²) in [5, 5.41) is 2.85. The SMILES string of the molecule is Cc1cc(Cl)c2c(c1F)-c1cccc3cccc-2c13. The molecular formula is C17H10ClF. The Morgan fingerprint density at radius 3 is 2.26 bits per heavy atom. The first-order valence-corrected chi connectivity index (χ1v) is 6.57. The third kappa shape index (κ3) is 1.28. The number of benzene rings is 3. The fraction of sp³-hybridized carbons (Fsp3) is 0.0588. The van der Waals surface area contributed by atoms with Crippen molar-refractivity contribution in [2.75, 3.05) is 0 Å². The second kappa shape index (κ2) is 3.58. The van der Waals surface area contributed by atoms with Crippen molar-refractivity contribution in [1.29, 1.82) is 0 Å². The summed E-state index contributed by atoms with van der Waals surface area (Å²) in [6, 6.07) is 13.7. The minimum absolute atomic E-state index is 0.164. The van der Waals surface area contributed by atoms with E-state index in [4.69, 9.17) is 11.6 Å². The highest BCUT2D eigenvalue weighted by atomic mass is 35.5. The topological polar surface area (TPSA) is 0 Å². The molecule has 0 aliphatic heterocycles. The first-order chi connectivity index (χ1) is 9.18. The molecule has 0 saturated carbocycles. The molecule has 0 fully saturated rings. The zero-order valence-electron chi connectivity index (χ0n) is 10.3. The highest BCUT2D eigenvalue weighted by molar-refractivity contribution is 6.36. The molecule has 0 saturated heterocycles. The molecule has 0 radical (unpaired) electrons. The van der Waals surface area contributed by atoms with Gasteiger partial charge in [0.1, 0.15) is 5.82 Å². The Labute approximate surface area is 115 Å². The number of hydrogen-bond acceptors (Lipinski definition) is 0. The lowest BCUT2D eigenvalue weighted by Gasteiger charge is -2.08. The van der Waals surface area contributed by atoms with Crippen LogP contribution in [0.2, 0.25) is 5.02 Å². The zero-order valence-corrected chi connectivity index (χ0v) is 11.1. The van der Waals surface area contributed by atoms with E-state index in [2.05, 4.69) is 0 Å².